The van der Waals surface area contributed by atoms with E-state index in [1.54, 1.807) is 30.6 Å². The molecule has 1 aromatic carbocycles. The second-order valence-corrected chi connectivity index (χ2v) is 10.3. The number of imidazole rings is 1. The van der Waals surface area contributed by atoms with Crippen molar-refractivity contribution >= 4 is 29.0 Å². The minimum Gasteiger partial charge on any atom is -0.382 e. The summed E-state index contributed by atoms with van der Waals surface area (Å²) in [6, 6.07) is 10.7. The van der Waals surface area contributed by atoms with E-state index in [9.17, 15) is 9.59 Å². The topological polar surface area (TPSA) is 122 Å². The summed E-state index contributed by atoms with van der Waals surface area (Å²) >= 11 is 0. The van der Waals surface area contributed by atoms with Crippen LogP contribution in [0, 0.1) is 6.92 Å². The lowest BCUT2D eigenvalue weighted by Gasteiger charge is -2.34. The van der Waals surface area contributed by atoms with Gasteiger partial charge in [0.15, 0.2) is 0 Å². The van der Waals surface area contributed by atoms with E-state index in [0.717, 1.165) is 36.2 Å². The van der Waals surface area contributed by atoms with Crippen LogP contribution in [0.5, 0.6) is 0 Å². The Kier molecular flexibility index (Phi) is 7.88. The normalized spacial score (nSPS) is 15.7. The molecule has 2 amide bonds. The third kappa shape index (κ3) is 5.72. The predicted molar refractivity (Wildman–Crippen MR) is 156 cm³/mol. The summed E-state index contributed by atoms with van der Waals surface area (Å²) in [5, 5.41) is 2.83. The molecule has 10 nitrogen and oxygen atoms in total. The largest absolute Gasteiger partial charge is 0.382 e. The number of aryl methyl sites for hydroxylation is 1. The molecule has 0 spiro atoms. The van der Waals surface area contributed by atoms with Crippen LogP contribution in [0.4, 0.5) is 11.6 Å². The summed E-state index contributed by atoms with van der Waals surface area (Å²) in [6.45, 7) is 3.30. The van der Waals surface area contributed by atoms with Crippen molar-refractivity contribution in [2.24, 2.45) is 0 Å². The van der Waals surface area contributed by atoms with E-state index in [-0.39, 0.29) is 17.9 Å². The Labute approximate surface area is 233 Å². The number of nitrogens with one attached hydrogen (secondary N) is 1. The number of hydrogen-bond acceptors (Lipinski definition) is 7. The number of pyridine rings is 1. The number of aromatic nitrogens is 4. The minimum atomic E-state index is -0.250. The third-order valence-corrected chi connectivity index (χ3v) is 7.00. The number of benzene rings is 1. The van der Waals surface area contributed by atoms with Gasteiger partial charge in [-0.15, -0.1) is 0 Å². The Balaban J connectivity index is 1.46. The van der Waals surface area contributed by atoms with Crippen LogP contribution in [-0.4, -0.2) is 68.2 Å². The van der Waals surface area contributed by atoms with E-state index in [4.69, 9.17) is 10.7 Å². The standard InChI is InChI=1S/C30H34N8O2/c1-20-13-14-32-24(19-20)34-30(40)22-11-9-21(10-12-22)26-27-28(31)33-15-18-38(27)29(35-26)23-7-4-5-17-37(23)25(39)8-6-16-36(2)3/h6,8-15,18-19,23H,4-5,7,16-17H2,1-3H3,(H2,31,33)(H,32,34,40)/b8-6+/t23-/m0/s1. The van der Waals surface area contributed by atoms with E-state index in [0.29, 0.717) is 41.5 Å². The molecule has 1 fully saturated rings. The highest BCUT2D eigenvalue weighted by Crippen LogP contribution is 2.36. The molecule has 4 heterocycles. The van der Waals surface area contributed by atoms with Gasteiger partial charge in [0.05, 0.1) is 6.04 Å². The number of rotatable bonds is 7. The first-order chi connectivity index (χ1) is 19.3. The average molecular weight is 539 g/mol. The number of nitrogens with zero attached hydrogens (tertiary/aromatic N) is 6. The second kappa shape index (κ2) is 11.7. The number of likely N-dealkylation sites (N-methyl/N-ethyl adjacent to an activating group) is 1. The number of carbonyl (C=O) groups excluding carboxylic acids is 2. The van der Waals surface area contributed by atoms with Gasteiger partial charge in [-0.05, 0) is 70.1 Å². The monoisotopic (exact) mass is 538 g/mol. The molecule has 3 aromatic heterocycles. The molecule has 0 unspecified atom stereocenters. The van der Waals surface area contributed by atoms with Gasteiger partial charge in [-0.25, -0.2) is 15.0 Å². The molecule has 206 valence electrons. The highest BCUT2D eigenvalue weighted by atomic mass is 16.2. The number of piperidine rings is 1. The fraction of sp³-hybridized carbons (Fsp3) is 0.300. The van der Waals surface area contributed by atoms with E-state index < -0.39 is 0 Å². The summed E-state index contributed by atoms with van der Waals surface area (Å²) in [5.41, 5.74) is 10.0. The van der Waals surface area contributed by atoms with Gasteiger partial charge in [-0.1, -0.05) is 18.2 Å². The Morgan fingerprint density at radius 3 is 2.67 bits per heavy atom. The maximum atomic E-state index is 13.2. The molecule has 1 aliphatic rings. The molecule has 3 N–H and O–H groups in total. The molecule has 0 radical (unpaired) electrons. The highest BCUT2D eigenvalue weighted by molar-refractivity contribution is 6.04. The van der Waals surface area contributed by atoms with E-state index in [2.05, 4.69) is 15.3 Å². The van der Waals surface area contributed by atoms with Gasteiger partial charge in [-0.2, -0.15) is 0 Å². The number of hydrogen-bond donors (Lipinski definition) is 2. The lowest BCUT2D eigenvalue weighted by atomic mass is 10.0. The van der Waals surface area contributed by atoms with Crippen LogP contribution in [0.25, 0.3) is 16.8 Å². The van der Waals surface area contributed by atoms with Crippen molar-refractivity contribution in [3.63, 3.8) is 0 Å². The van der Waals surface area contributed by atoms with Crippen molar-refractivity contribution in [3.05, 3.63) is 84.1 Å². The molecule has 40 heavy (non-hydrogen) atoms. The van der Waals surface area contributed by atoms with Crippen LogP contribution < -0.4 is 11.1 Å². The summed E-state index contributed by atoms with van der Waals surface area (Å²) in [6.07, 6.45) is 11.4. The number of nitrogen functional groups attached to an aromatic ring is 1. The minimum absolute atomic E-state index is 0.0228. The highest BCUT2D eigenvalue weighted by Gasteiger charge is 2.31. The van der Waals surface area contributed by atoms with Gasteiger partial charge in [0.25, 0.3) is 5.91 Å². The Hall–Kier alpha value is -4.57. The zero-order valence-corrected chi connectivity index (χ0v) is 23.0. The maximum absolute atomic E-state index is 13.2. The van der Waals surface area contributed by atoms with E-state index >= 15 is 0 Å². The Morgan fingerprint density at radius 1 is 1.12 bits per heavy atom. The molecule has 0 bridgehead atoms. The molecule has 0 aliphatic carbocycles. The molecule has 4 aromatic rings. The van der Waals surface area contributed by atoms with Crippen LogP contribution in [-0.2, 0) is 4.79 Å². The van der Waals surface area contributed by atoms with Crippen molar-refractivity contribution in [1.29, 1.82) is 0 Å². The van der Waals surface area contributed by atoms with Crippen LogP contribution >= 0.6 is 0 Å². The third-order valence-electron chi connectivity index (χ3n) is 7.00. The molecule has 10 heteroatoms. The summed E-state index contributed by atoms with van der Waals surface area (Å²) in [7, 11) is 3.94. The fourth-order valence-corrected chi connectivity index (χ4v) is 5.02. The quantitative estimate of drug-likeness (QED) is 0.340. The average Bonchev–Trinajstić information content (AvgIpc) is 3.34. The van der Waals surface area contributed by atoms with Gasteiger partial charge >= 0.3 is 0 Å². The maximum Gasteiger partial charge on any atom is 0.256 e. The molecular formula is C30H34N8O2. The van der Waals surface area contributed by atoms with Crippen LogP contribution in [0.2, 0.25) is 0 Å². The lowest BCUT2D eigenvalue weighted by Crippen LogP contribution is -2.38. The van der Waals surface area contributed by atoms with Crippen LogP contribution in [0.3, 0.4) is 0 Å². The summed E-state index contributed by atoms with van der Waals surface area (Å²) in [5.74, 6) is 1.33. The summed E-state index contributed by atoms with van der Waals surface area (Å²) in [4.78, 5) is 43.5. The second-order valence-electron chi connectivity index (χ2n) is 10.3. The first-order valence-electron chi connectivity index (χ1n) is 13.4. The zero-order valence-electron chi connectivity index (χ0n) is 23.0. The molecule has 1 aliphatic heterocycles. The van der Waals surface area contributed by atoms with E-state index in [1.165, 1.54) is 0 Å². The first-order valence-corrected chi connectivity index (χ1v) is 13.4. The van der Waals surface area contributed by atoms with Gasteiger partial charge < -0.3 is 20.9 Å². The number of fused-ring (bicyclic) bond motifs is 1. The predicted octanol–water partition coefficient (Wildman–Crippen LogP) is 4.11. The molecule has 1 atom stereocenters. The Bertz CT molecular complexity index is 1560. The number of carbonyl (C=O) groups is 2. The number of likely N-dealkylation sites (tertiary alicyclic amines) is 1. The number of amides is 2. The molecule has 0 saturated carbocycles. The van der Waals surface area contributed by atoms with Crippen LogP contribution in [0.15, 0.2) is 67.1 Å². The van der Waals surface area contributed by atoms with Crippen molar-refractivity contribution in [2.75, 3.05) is 38.2 Å². The van der Waals surface area contributed by atoms with Crippen molar-refractivity contribution in [3.8, 4) is 11.3 Å². The zero-order chi connectivity index (χ0) is 28.2. The van der Waals surface area contributed by atoms with E-state index in [1.807, 2.05) is 71.8 Å². The van der Waals surface area contributed by atoms with Gasteiger partial charge in [0.1, 0.15) is 28.7 Å². The number of anilines is 2. The smallest absolute Gasteiger partial charge is 0.256 e. The number of nitrogens with two attached hydrogens (primary N) is 1. The van der Waals surface area contributed by atoms with Crippen LogP contribution in [0.1, 0.15) is 47.1 Å². The van der Waals surface area contributed by atoms with Crippen molar-refractivity contribution in [2.45, 2.75) is 32.2 Å². The van der Waals surface area contributed by atoms with Gasteiger partial charge in [-0.3, -0.25) is 14.0 Å². The van der Waals surface area contributed by atoms with Crippen molar-refractivity contribution < 1.29 is 9.59 Å². The molecule has 1 saturated heterocycles. The SMILES string of the molecule is Cc1ccnc(NC(=O)c2ccc(-c3nc([C@@H]4CCCCN4C(=O)/C=C/CN(C)C)n4ccnc(N)c34)cc2)c1. The lowest BCUT2D eigenvalue weighted by molar-refractivity contribution is -0.130. The summed E-state index contributed by atoms with van der Waals surface area (Å²) < 4.78 is 1.95. The van der Waals surface area contributed by atoms with Crippen molar-refractivity contribution in [1.82, 2.24) is 29.2 Å². The fourth-order valence-electron chi connectivity index (χ4n) is 5.02. The molecule has 5 rings (SSSR count). The van der Waals surface area contributed by atoms with Gasteiger partial charge in [0.2, 0.25) is 5.91 Å². The first kappa shape index (κ1) is 27.0. The molecular weight excluding hydrogens is 504 g/mol. The van der Waals surface area contributed by atoms with Gasteiger partial charge in [0, 0.05) is 48.9 Å². The Morgan fingerprint density at radius 2 is 1.93 bits per heavy atom.